The van der Waals surface area contributed by atoms with E-state index >= 15 is 0 Å². The van der Waals surface area contributed by atoms with Gasteiger partial charge in [0.15, 0.2) is 0 Å². The van der Waals surface area contributed by atoms with E-state index in [0.717, 1.165) is 11.1 Å². The van der Waals surface area contributed by atoms with E-state index in [1.807, 2.05) is 31.2 Å². The second kappa shape index (κ2) is 4.25. The minimum absolute atomic E-state index is 0.149. The van der Waals surface area contributed by atoms with Gasteiger partial charge in [-0.05, 0) is 24.6 Å². The Kier molecular flexibility index (Phi) is 3.03. The summed E-state index contributed by atoms with van der Waals surface area (Å²) < 4.78 is 0. The molecule has 1 atom stereocenters. The Morgan fingerprint density at radius 2 is 2.00 bits per heavy atom. The zero-order valence-corrected chi connectivity index (χ0v) is 7.32. The van der Waals surface area contributed by atoms with Crippen LogP contribution >= 0.6 is 0 Å². The van der Waals surface area contributed by atoms with E-state index in [0.29, 0.717) is 0 Å². The highest BCUT2D eigenvalue weighted by atomic mass is 16.1. The van der Waals surface area contributed by atoms with Gasteiger partial charge >= 0.3 is 0 Å². The second-order valence-electron chi connectivity index (χ2n) is 2.66. The van der Waals surface area contributed by atoms with Gasteiger partial charge in [0.05, 0.1) is 6.04 Å². The lowest BCUT2D eigenvalue weighted by molar-refractivity contribution is 0.559. The van der Waals surface area contributed by atoms with Gasteiger partial charge in [0.1, 0.15) is 0 Å². The van der Waals surface area contributed by atoms with Crippen molar-refractivity contribution in [2.75, 3.05) is 0 Å². The van der Waals surface area contributed by atoms with Crippen LogP contribution in [-0.4, -0.2) is 6.08 Å². The third-order valence-corrected chi connectivity index (χ3v) is 1.81. The van der Waals surface area contributed by atoms with E-state index in [2.05, 4.69) is 10.9 Å². The van der Waals surface area contributed by atoms with Crippen molar-refractivity contribution in [2.45, 2.75) is 13.0 Å². The van der Waals surface area contributed by atoms with E-state index in [9.17, 15) is 4.79 Å². The molecule has 64 valence electrons. The van der Waals surface area contributed by atoms with Gasteiger partial charge < -0.3 is 0 Å². The van der Waals surface area contributed by atoms with E-state index in [1.54, 1.807) is 0 Å². The molecular formula is C11H9NO. The Balaban J connectivity index is 2.93. The van der Waals surface area contributed by atoms with Gasteiger partial charge in [-0.15, -0.1) is 6.42 Å². The average molecular weight is 171 g/mol. The molecule has 0 saturated heterocycles. The van der Waals surface area contributed by atoms with Crippen LogP contribution in [0.5, 0.6) is 0 Å². The summed E-state index contributed by atoms with van der Waals surface area (Å²) in [6.45, 7) is 1.83. The molecule has 0 aromatic heterocycles. The van der Waals surface area contributed by atoms with E-state index < -0.39 is 0 Å². The van der Waals surface area contributed by atoms with Crippen molar-refractivity contribution in [1.29, 1.82) is 0 Å². The molecule has 13 heavy (non-hydrogen) atoms. The third-order valence-electron chi connectivity index (χ3n) is 1.81. The Morgan fingerprint density at radius 1 is 1.38 bits per heavy atom. The summed E-state index contributed by atoms with van der Waals surface area (Å²) in [7, 11) is 0. The Labute approximate surface area is 77.3 Å². The van der Waals surface area contributed by atoms with Crippen molar-refractivity contribution in [2.24, 2.45) is 4.99 Å². The molecular weight excluding hydrogens is 162 g/mol. The molecule has 0 aliphatic heterocycles. The first-order valence-corrected chi connectivity index (χ1v) is 3.91. The van der Waals surface area contributed by atoms with Crippen LogP contribution in [0.25, 0.3) is 0 Å². The van der Waals surface area contributed by atoms with Crippen molar-refractivity contribution in [1.82, 2.24) is 0 Å². The summed E-state index contributed by atoms with van der Waals surface area (Å²) >= 11 is 0. The number of nitrogens with zero attached hydrogens (tertiary/aromatic N) is 1. The average Bonchev–Trinajstić information content (AvgIpc) is 2.18. The zero-order valence-electron chi connectivity index (χ0n) is 7.32. The topological polar surface area (TPSA) is 29.4 Å². The van der Waals surface area contributed by atoms with Crippen LogP contribution in [0.1, 0.15) is 24.1 Å². The summed E-state index contributed by atoms with van der Waals surface area (Å²) in [5.74, 6) is 2.52. The largest absolute Gasteiger partial charge is 0.235 e. The fourth-order valence-electron chi connectivity index (χ4n) is 1.01. The third kappa shape index (κ3) is 2.30. The van der Waals surface area contributed by atoms with Crippen molar-refractivity contribution in [3.63, 3.8) is 0 Å². The van der Waals surface area contributed by atoms with E-state index in [1.165, 1.54) is 6.08 Å². The molecule has 0 N–H and O–H groups in total. The highest BCUT2D eigenvalue weighted by Gasteiger charge is 2.01. The lowest BCUT2D eigenvalue weighted by Crippen LogP contribution is -1.88. The molecule has 0 aliphatic rings. The maximum atomic E-state index is 9.99. The first-order valence-electron chi connectivity index (χ1n) is 3.91. The fourth-order valence-corrected chi connectivity index (χ4v) is 1.01. The molecule has 1 rings (SSSR count). The monoisotopic (exact) mass is 171 g/mol. The molecule has 1 unspecified atom stereocenters. The summed E-state index contributed by atoms with van der Waals surface area (Å²) in [6.07, 6.45) is 6.73. The molecule has 0 saturated carbocycles. The van der Waals surface area contributed by atoms with Crippen LogP contribution in [0, 0.1) is 12.3 Å². The minimum atomic E-state index is -0.149. The van der Waals surface area contributed by atoms with Gasteiger partial charge in [0.2, 0.25) is 6.08 Å². The molecule has 0 fully saturated rings. The predicted molar refractivity (Wildman–Crippen MR) is 50.9 cm³/mol. The molecule has 1 aromatic rings. The van der Waals surface area contributed by atoms with Crippen molar-refractivity contribution in [3.8, 4) is 12.3 Å². The first kappa shape index (κ1) is 9.25. The van der Waals surface area contributed by atoms with Gasteiger partial charge in [-0.1, -0.05) is 18.1 Å². The highest BCUT2D eigenvalue weighted by molar-refractivity contribution is 5.38. The van der Waals surface area contributed by atoms with Crippen LogP contribution in [0.4, 0.5) is 0 Å². The quantitative estimate of drug-likeness (QED) is 0.380. The Morgan fingerprint density at radius 3 is 2.46 bits per heavy atom. The fraction of sp³-hybridized carbons (Fsp3) is 0.182. The normalized spacial score (nSPS) is 11.1. The first-order chi connectivity index (χ1) is 6.27. The summed E-state index contributed by atoms with van der Waals surface area (Å²) in [4.78, 5) is 13.6. The van der Waals surface area contributed by atoms with Gasteiger partial charge in [-0.3, -0.25) is 0 Å². The summed E-state index contributed by atoms with van der Waals surface area (Å²) in [6, 6.07) is 7.23. The van der Waals surface area contributed by atoms with Crippen LogP contribution in [0.3, 0.4) is 0 Å². The second-order valence-corrected chi connectivity index (χ2v) is 2.66. The van der Waals surface area contributed by atoms with Gasteiger partial charge in [-0.25, -0.2) is 4.79 Å². The van der Waals surface area contributed by atoms with Crippen LogP contribution in [0.15, 0.2) is 29.3 Å². The van der Waals surface area contributed by atoms with E-state index in [-0.39, 0.29) is 6.04 Å². The zero-order chi connectivity index (χ0) is 9.68. The predicted octanol–water partition coefficient (Wildman–Crippen LogP) is 2.06. The molecule has 0 radical (unpaired) electrons. The lowest BCUT2D eigenvalue weighted by atomic mass is 10.1. The molecule has 2 heteroatoms. The number of hydrogen-bond donors (Lipinski definition) is 0. The van der Waals surface area contributed by atoms with Gasteiger partial charge in [0.25, 0.3) is 0 Å². The molecule has 0 amide bonds. The maximum Gasteiger partial charge on any atom is 0.235 e. The number of hydrogen-bond acceptors (Lipinski definition) is 2. The number of benzene rings is 1. The molecule has 0 bridgehead atoms. The number of carbonyl (C=O) groups excluding carboxylic acids is 1. The smallest absolute Gasteiger partial charge is 0.211 e. The highest BCUT2D eigenvalue weighted by Crippen LogP contribution is 2.15. The minimum Gasteiger partial charge on any atom is -0.211 e. The molecule has 1 aromatic carbocycles. The van der Waals surface area contributed by atoms with E-state index in [4.69, 9.17) is 6.42 Å². The number of terminal acetylenes is 1. The Bertz CT molecular complexity index is 366. The van der Waals surface area contributed by atoms with Crippen LogP contribution in [0.2, 0.25) is 0 Å². The lowest BCUT2D eigenvalue weighted by Gasteiger charge is -2.03. The van der Waals surface area contributed by atoms with Crippen molar-refractivity contribution in [3.05, 3.63) is 35.4 Å². The standard InChI is InChI=1S/C11H9NO/c1-3-10-4-6-11(7-5-10)9(2)12-8-13/h1,4-7,9H,2H3. The molecule has 0 heterocycles. The summed E-state index contributed by atoms with van der Waals surface area (Å²) in [5.41, 5.74) is 1.79. The van der Waals surface area contributed by atoms with Crippen LogP contribution in [-0.2, 0) is 4.79 Å². The van der Waals surface area contributed by atoms with Crippen molar-refractivity contribution >= 4 is 6.08 Å². The van der Waals surface area contributed by atoms with Crippen LogP contribution < -0.4 is 0 Å². The Hall–Kier alpha value is -1.84. The van der Waals surface area contributed by atoms with Crippen molar-refractivity contribution < 1.29 is 4.79 Å². The van der Waals surface area contributed by atoms with Gasteiger partial charge in [-0.2, -0.15) is 4.99 Å². The number of rotatable bonds is 2. The number of aliphatic imine (C=N–C) groups is 1. The molecule has 2 nitrogen and oxygen atoms in total. The number of isocyanates is 1. The SMILES string of the molecule is C#Cc1ccc(C(C)N=C=O)cc1. The van der Waals surface area contributed by atoms with Gasteiger partial charge in [0, 0.05) is 5.56 Å². The summed E-state index contributed by atoms with van der Waals surface area (Å²) in [5, 5.41) is 0. The molecule has 0 spiro atoms. The maximum absolute atomic E-state index is 9.99. The molecule has 0 aliphatic carbocycles.